The van der Waals surface area contributed by atoms with Gasteiger partial charge in [0.15, 0.2) is 12.6 Å². The Hall–Kier alpha value is -1.42. The molecule has 0 radical (unpaired) electrons. The molecular formula is C28H52N2O15. The quantitative estimate of drug-likeness (QED) is 0.0299. The second-order valence-electron chi connectivity index (χ2n) is 11.4. The highest BCUT2D eigenvalue weighted by molar-refractivity contribution is 5.79. The molecule has 0 saturated carbocycles. The third-order valence-corrected chi connectivity index (χ3v) is 7.76. The van der Waals surface area contributed by atoms with Crippen LogP contribution < -0.4 is 10.6 Å². The van der Waals surface area contributed by atoms with E-state index in [0.717, 1.165) is 0 Å². The van der Waals surface area contributed by atoms with E-state index in [1.165, 1.54) is 0 Å². The Balaban J connectivity index is 1.48. The first-order valence-electron chi connectivity index (χ1n) is 15.5. The normalized spacial score (nSPS) is 33.4. The number of aldehydes is 1. The fourth-order valence-corrected chi connectivity index (χ4v) is 4.95. The molecule has 0 aromatic carbocycles. The summed E-state index contributed by atoms with van der Waals surface area (Å²) in [6.45, 7) is -0.327. The molecule has 2 aliphatic heterocycles. The van der Waals surface area contributed by atoms with Gasteiger partial charge in [-0.2, -0.15) is 0 Å². The Morgan fingerprint density at radius 3 is 1.73 bits per heavy atom. The van der Waals surface area contributed by atoms with Crippen LogP contribution in [0.5, 0.6) is 0 Å². The van der Waals surface area contributed by atoms with Crippen LogP contribution in [0.15, 0.2) is 0 Å². The summed E-state index contributed by atoms with van der Waals surface area (Å²) in [5.74, 6) is -0.302. The molecular weight excluding hydrogens is 604 g/mol. The molecule has 2 fully saturated rings. The second-order valence-corrected chi connectivity index (χ2v) is 11.4. The van der Waals surface area contributed by atoms with Crippen molar-refractivity contribution in [1.82, 2.24) is 10.6 Å². The van der Waals surface area contributed by atoms with Crippen molar-refractivity contribution >= 4 is 12.2 Å². The monoisotopic (exact) mass is 656 g/mol. The first kappa shape index (κ1) is 39.8. The Labute approximate surface area is 262 Å². The summed E-state index contributed by atoms with van der Waals surface area (Å²) in [5.41, 5.74) is 0. The number of hydrogen-bond donors (Lipinski definition) is 11. The zero-order valence-electron chi connectivity index (χ0n) is 25.4. The Morgan fingerprint density at radius 1 is 0.711 bits per heavy atom. The van der Waals surface area contributed by atoms with Crippen molar-refractivity contribution in [3.63, 3.8) is 0 Å². The van der Waals surface area contributed by atoms with Crippen LogP contribution >= 0.6 is 0 Å². The molecule has 12 atom stereocenters. The first-order chi connectivity index (χ1) is 21.5. The third kappa shape index (κ3) is 13.3. The third-order valence-electron chi connectivity index (χ3n) is 7.76. The summed E-state index contributed by atoms with van der Waals surface area (Å²) >= 11 is 0. The number of hydrogen-bond acceptors (Lipinski definition) is 16. The van der Waals surface area contributed by atoms with E-state index in [2.05, 4.69) is 10.6 Å². The highest BCUT2D eigenvalue weighted by Crippen LogP contribution is 2.23. The molecule has 2 heterocycles. The molecule has 11 unspecified atom stereocenters. The van der Waals surface area contributed by atoms with Gasteiger partial charge in [-0.05, 0) is 57.9 Å². The van der Waals surface area contributed by atoms with Crippen molar-refractivity contribution in [2.45, 2.75) is 131 Å². The molecule has 2 rings (SSSR count). The molecule has 0 bridgehead atoms. The SMILES string of the molecule is O=C[C@@H](CCCCNC(O)CCCCOC1OC(CO)C(O)C(O)C1O)NC(=O)CCCCOC1OC(CO)C(O)C(O)C1O. The van der Waals surface area contributed by atoms with Gasteiger partial charge in [0.25, 0.3) is 0 Å². The molecule has 45 heavy (non-hydrogen) atoms. The smallest absolute Gasteiger partial charge is 0.220 e. The molecule has 0 aromatic rings. The van der Waals surface area contributed by atoms with Gasteiger partial charge in [-0.1, -0.05) is 0 Å². The molecule has 0 aromatic heterocycles. The van der Waals surface area contributed by atoms with E-state index in [0.29, 0.717) is 64.2 Å². The largest absolute Gasteiger partial charge is 0.394 e. The molecule has 11 N–H and O–H groups in total. The maximum absolute atomic E-state index is 12.2. The van der Waals surface area contributed by atoms with E-state index in [1.807, 2.05) is 0 Å². The van der Waals surface area contributed by atoms with E-state index in [-0.39, 0.29) is 25.5 Å². The van der Waals surface area contributed by atoms with Crippen molar-refractivity contribution < 1.29 is 74.5 Å². The van der Waals surface area contributed by atoms with Crippen LogP contribution in [-0.2, 0) is 28.5 Å². The van der Waals surface area contributed by atoms with Crippen LogP contribution in [0.4, 0.5) is 0 Å². The van der Waals surface area contributed by atoms with Crippen LogP contribution in [0, 0.1) is 0 Å². The number of carbonyl (C=O) groups is 2. The molecule has 1 amide bonds. The van der Waals surface area contributed by atoms with Gasteiger partial charge in [-0.3, -0.25) is 10.1 Å². The number of aliphatic hydroxyl groups is 9. The number of rotatable bonds is 22. The van der Waals surface area contributed by atoms with Crippen LogP contribution in [0.1, 0.15) is 57.8 Å². The first-order valence-corrected chi connectivity index (χ1v) is 15.5. The molecule has 0 spiro atoms. The van der Waals surface area contributed by atoms with Gasteiger partial charge in [0.2, 0.25) is 5.91 Å². The van der Waals surface area contributed by atoms with E-state index in [1.54, 1.807) is 0 Å². The average molecular weight is 657 g/mol. The van der Waals surface area contributed by atoms with Crippen molar-refractivity contribution in [3.8, 4) is 0 Å². The summed E-state index contributed by atoms with van der Waals surface area (Å²) in [5, 5.41) is 93.2. The lowest BCUT2D eigenvalue weighted by molar-refractivity contribution is -0.301. The Morgan fingerprint density at radius 2 is 1.22 bits per heavy atom. The number of amides is 1. The van der Waals surface area contributed by atoms with Crippen molar-refractivity contribution in [2.75, 3.05) is 33.0 Å². The average Bonchev–Trinajstić information content (AvgIpc) is 3.03. The summed E-state index contributed by atoms with van der Waals surface area (Å²) in [7, 11) is 0. The number of ether oxygens (including phenoxy) is 4. The Kier molecular flexibility index (Phi) is 19.0. The lowest BCUT2D eigenvalue weighted by Crippen LogP contribution is -2.59. The van der Waals surface area contributed by atoms with Gasteiger partial charge in [0, 0.05) is 19.6 Å². The van der Waals surface area contributed by atoms with E-state index in [9.17, 15) is 55.5 Å². The van der Waals surface area contributed by atoms with Gasteiger partial charge >= 0.3 is 0 Å². The maximum atomic E-state index is 12.2. The summed E-state index contributed by atoms with van der Waals surface area (Å²) in [4.78, 5) is 23.6. The highest BCUT2D eigenvalue weighted by Gasteiger charge is 2.45. The highest BCUT2D eigenvalue weighted by atomic mass is 16.7. The topological polar surface area (TPSA) is 277 Å². The number of unbranched alkanes of at least 4 members (excludes halogenated alkanes) is 3. The minimum atomic E-state index is -1.53. The molecule has 0 aliphatic carbocycles. The lowest BCUT2D eigenvalue weighted by Gasteiger charge is -2.39. The molecule has 2 saturated heterocycles. The van der Waals surface area contributed by atoms with Crippen LogP contribution in [0.3, 0.4) is 0 Å². The zero-order valence-corrected chi connectivity index (χ0v) is 25.4. The van der Waals surface area contributed by atoms with Gasteiger partial charge in [0.1, 0.15) is 61.3 Å². The molecule has 264 valence electrons. The van der Waals surface area contributed by atoms with E-state index in [4.69, 9.17) is 18.9 Å². The molecule has 2 aliphatic rings. The molecule has 17 heteroatoms. The maximum Gasteiger partial charge on any atom is 0.220 e. The fourth-order valence-electron chi connectivity index (χ4n) is 4.95. The van der Waals surface area contributed by atoms with Crippen LogP contribution in [-0.4, -0.2) is 165 Å². The Bertz CT molecular complexity index is 825. The van der Waals surface area contributed by atoms with E-state index >= 15 is 0 Å². The van der Waals surface area contributed by atoms with E-state index < -0.39 is 86.9 Å². The second kappa shape index (κ2) is 21.5. The van der Waals surface area contributed by atoms with Gasteiger partial charge in [-0.25, -0.2) is 0 Å². The minimum Gasteiger partial charge on any atom is -0.394 e. The predicted molar refractivity (Wildman–Crippen MR) is 153 cm³/mol. The minimum absolute atomic E-state index is 0.0991. The van der Waals surface area contributed by atoms with Crippen LogP contribution in [0.2, 0.25) is 0 Å². The number of carbonyl (C=O) groups excluding carboxylic acids is 2. The van der Waals surface area contributed by atoms with Crippen molar-refractivity contribution in [2.24, 2.45) is 0 Å². The van der Waals surface area contributed by atoms with Crippen molar-refractivity contribution in [1.29, 1.82) is 0 Å². The van der Waals surface area contributed by atoms with Crippen molar-refractivity contribution in [3.05, 3.63) is 0 Å². The lowest BCUT2D eigenvalue weighted by atomic mass is 9.99. The van der Waals surface area contributed by atoms with Gasteiger partial charge < -0.3 is 75.0 Å². The van der Waals surface area contributed by atoms with Gasteiger partial charge in [-0.15, -0.1) is 0 Å². The van der Waals surface area contributed by atoms with Crippen LogP contribution in [0.25, 0.3) is 0 Å². The standard InChI is InChI=1S/C28H52N2O15/c31-13-16(30-20(35)9-3-6-12-43-28-26(41)24(39)22(37)18(15-33)45-28)7-1-4-10-29-19(34)8-2-5-11-42-27-25(40)23(38)21(36)17(14-32)44-27/h13,16-19,21-29,32-34,36-41H,1-12,14-15H2,(H,30,35)/t16-,17?,18?,19?,21?,22?,23?,24?,25?,26?,27?,28?/m1/s1. The summed E-state index contributed by atoms with van der Waals surface area (Å²) in [6.07, 6.45) is -9.22. The molecule has 17 nitrogen and oxygen atoms in total. The predicted octanol–water partition coefficient (Wildman–Crippen LogP) is -4.28. The number of aliphatic hydroxyl groups excluding tert-OH is 9. The van der Waals surface area contributed by atoms with Gasteiger partial charge in [0.05, 0.1) is 19.3 Å². The zero-order chi connectivity index (χ0) is 33.4. The summed E-state index contributed by atoms with van der Waals surface area (Å²) < 4.78 is 21.3. The number of nitrogens with one attached hydrogen (secondary N) is 2. The summed E-state index contributed by atoms with van der Waals surface area (Å²) in [6, 6.07) is -0.642. The fraction of sp³-hybridized carbons (Fsp3) is 0.929.